The van der Waals surface area contributed by atoms with Gasteiger partial charge in [0.05, 0.1) is 19.5 Å². The number of rotatable bonds is 2. The van der Waals surface area contributed by atoms with Gasteiger partial charge in [-0.2, -0.15) is 0 Å². The van der Waals surface area contributed by atoms with Gasteiger partial charge in [-0.15, -0.1) is 0 Å². The molecule has 4 nitrogen and oxygen atoms in total. The van der Waals surface area contributed by atoms with Crippen molar-refractivity contribution in [3.05, 3.63) is 18.1 Å². The quantitative estimate of drug-likeness (QED) is 0.585. The van der Waals surface area contributed by atoms with E-state index in [2.05, 4.69) is 9.97 Å². The number of ketones is 1. The highest BCUT2D eigenvalue weighted by atomic mass is 16.5. The van der Waals surface area contributed by atoms with Crippen LogP contribution < -0.4 is 4.74 Å². The molecule has 1 heterocycles. The zero-order chi connectivity index (χ0) is 8.27. The fourth-order valence-corrected chi connectivity index (χ4v) is 0.603. The van der Waals surface area contributed by atoms with Crippen molar-refractivity contribution in [2.75, 3.05) is 7.11 Å². The lowest BCUT2D eigenvalue weighted by Crippen LogP contribution is -1.98. The Morgan fingerprint density at radius 1 is 1.45 bits per heavy atom. The van der Waals surface area contributed by atoms with Crippen molar-refractivity contribution in [1.82, 2.24) is 9.97 Å². The van der Waals surface area contributed by atoms with E-state index >= 15 is 0 Å². The SMILES string of the molecule is COc1cnc(C(C)=O)cn1. The van der Waals surface area contributed by atoms with Crippen molar-refractivity contribution < 1.29 is 9.53 Å². The Bertz CT molecular complexity index is 256. The van der Waals surface area contributed by atoms with Crippen LogP contribution in [0.5, 0.6) is 5.88 Å². The van der Waals surface area contributed by atoms with Crippen LogP contribution in [-0.4, -0.2) is 22.9 Å². The lowest BCUT2D eigenvalue weighted by atomic mass is 10.3. The zero-order valence-corrected chi connectivity index (χ0v) is 6.37. The van der Waals surface area contributed by atoms with E-state index in [1.54, 1.807) is 0 Å². The second-order valence-corrected chi connectivity index (χ2v) is 2.00. The highest BCUT2D eigenvalue weighted by Gasteiger charge is 2.00. The van der Waals surface area contributed by atoms with Gasteiger partial charge in [0.1, 0.15) is 5.69 Å². The molecule has 0 unspecified atom stereocenters. The number of hydrogen-bond acceptors (Lipinski definition) is 4. The molecule has 1 aromatic heterocycles. The van der Waals surface area contributed by atoms with Gasteiger partial charge in [-0.3, -0.25) is 4.79 Å². The first-order valence-electron chi connectivity index (χ1n) is 3.11. The first-order chi connectivity index (χ1) is 5.24. The van der Waals surface area contributed by atoms with Gasteiger partial charge in [-0.05, 0) is 0 Å². The Labute approximate surface area is 64.2 Å². The van der Waals surface area contributed by atoms with E-state index in [-0.39, 0.29) is 5.78 Å². The molecule has 0 fully saturated rings. The lowest BCUT2D eigenvalue weighted by Gasteiger charge is -1.96. The Hall–Kier alpha value is -1.45. The van der Waals surface area contributed by atoms with Crippen molar-refractivity contribution in [1.29, 1.82) is 0 Å². The van der Waals surface area contributed by atoms with Crippen LogP contribution in [-0.2, 0) is 0 Å². The van der Waals surface area contributed by atoms with Crippen LogP contribution in [0.3, 0.4) is 0 Å². The maximum atomic E-state index is 10.7. The molecule has 0 saturated heterocycles. The summed E-state index contributed by atoms with van der Waals surface area (Å²) in [5, 5.41) is 0. The highest BCUT2D eigenvalue weighted by molar-refractivity contribution is 5.91. The van der Waals surface area contributed by atoms with E-state index in [9.17, 15) is 4.79 Å². The minimum Gasteiger partial charge on any atom is -0.480 e. The summed E-state index contributed by atoms with van der Waals surface area (Å²) >= 11 is 0. The van der Waals surface area contributed by atoms with Crippen LogP contribution in [0.2, 0.25) is 0 Å². The fourth-order valence-electron chi connectivity index (χ4n) is 0.603. The summed E-state index contributed by atoms with van der Waals surface area (Å²) in [6.07, 6.45) is 2.80. The van der Waals surface area contributed by atoms with Gasteiger partial charge in [-0.25, -0.2) is 9.97 Å². The zero-order valence-electron chi connectivity index (χ0n) is 6.37. The lowest BCUT2D eigenvalue weighted by molar-refractivity contribution is 0.101. The number of nitrogens with zero attached hydrogens (tertiary/aromatic N) is 2. The van der Waals surface area contributed by atoms with Gasteiger partial charge < -0.3 is 4.74 Å². The maximum absolute atomic E-state index is 10.7. The normalized spacial score (nSPS) is 9.27. The molecule has 0 aliphatic heterocycles. The smallest absolute Gasteiger partial charge is 0.232 e. The predicted octanol–water partition coefficient (Wildman–Crippen LogP) is 0.688. The predicted molar refractivity (Wildman–Crippen MR) is 38.6 cm³/mol. The molecule has 0 radical (unpaired) electrons. The summed E-state index contributed by atoms with van der Waals surface area (Å²) in [5.74, 6) is 0.315. The molecule has 0 spiro atoms. The third kappa shape index (κ3) is 1.73. The van der Waals surface area contributed by atoms with Gasteiger partial charge in [0.2, 0.25) is 5.88 Å². The molecule has 0 aromatic carbocycles. The number of hydrogen-bond donors (Lipinski definition) is 0. The summed E-state index contributed by atoms with van der Waals surface area (Å²) in [5.41, 5.74) is 0.353. The van der Waals surface area contributed by atoms with Crippen molar-refractivity contribution in [2.24, 2.45) is 0 Å². The van der Waals surface area contributed by atoms with Crippen LogP contribution in [0.4, 0.5) is 0 Å². The third-order valence-corrected chi connectivity index (χ3v) is 1.20. The van der Waals surface area contributed by atoms with Gasteiger partial charge in [0.15, 0.2) is 5.78 Å². The van der Waals surface area contributed by atoms with E-state index in [1.165, 1.54) is 26.4 Å². The average molecular weight is 152 g/mol. The molecule has 0 amide bonds. The Balaban J connectivity index is 2.91. The number of Topliss-reactive ketones (excluding diaryl/α,β-unsaturated/α-hetero) is 1. The van der Waals surface area contributed by atoms with Crippen molar-refractivity contribution in [3.63, 3.8) is 0 Å². The van der Waals surface area contributed by atoms with E-state index in [0.29, 0.717) is 11.6 Å². The van der Waals surface area contributed by atoms with Crippen molar-refractivity contribution in [2.45, 2.75) is 6.92 Å². The molecule has 4 heteroatoms. The minimum atomic E-state index is -0.0971. The van der Waals surface area contributed by atoms with E-state index in [0.717, 1.165) is 0 Å². The second-order valence-electron chi connectivity index (χ2n) is 2.00. The van der Waals surface area contributed by atoms with E-state index in [4.69, 9.17) is 4.74 Å². The average Bonchev–Trinajstić information content (AvgIpc) is 2.05. The molecule has 0 saturated carbocycles. The standard InChI is InChI=1S/C7H8N2O2/c1-5(10)6-3-9-7(11-2)4-8-6/h3-4H,1-2H3. The Morgan fingerprint density at radius 3 is 2.55 bits per heavy atom. The molecule has 1 aromatic rings. The Morgan fingerprint density at radius 2 is 2.18 bits per heavy atom. The molecule has 0 N–H and O–H groups in total. The monoisotopic (exact) mass is 152 g/mol. The first kappa shape index (κ1) is 7.65. The van der Waals surface area contributed by atoms with Crippen LogP contribution in [0.25, 0.3) is 0 Å². The number of aromatic nitrogens is 2. The van der Waals surface area contributed by atoms with E-state index < -0.39 is 0 Å². The number of carbonyl (C=O) groups is 1. The fraction of sp³-hybridized carbons (Fsp3) is 0.286. The molecule has 58 valence electrons. The van der Waals surface area contributed by atoms with E-state index in [1.807, 2.05) is 0 Å². The number of ether oxygens (including phenoxy) is 1. The highest BCUT2D eigenvalue weighted by Crippen LogP contribution is 2.02. The topological polar surface area (TPSA) is 52.1 Å². The van der Waals surface area contributed by atoms with Crippen molar-refractivity contribution >= 4 is 5.78 Å². The summed E-state index contributed by atoms with van der Waals surface area (Å²) in [4.78, 5) is 18.3. The first-order valence-corrected chi connectivity index (χ1v) is 3.11. The molecular formula is C7H8N2O2. The van der Waals surface area contributed by atoms with Crippen LogP contribution in [0.15, 0.2) is 12.4 Å². The molecule has 11 heavy (non-hydrogen) atoms. The largest absolute Gasteiger partial charge is 0.480 e. The molecule has 0 atom stereocenters. The van der Waals surface area contributed by atoms with Crippen LogP contribution in [0.1, 0.15) is 17.4 Å². The molecule has 1 rings (SSSR count). The molecule has 0 bridgehead atoms. The summed E-state index contributed by atoms with van der Waals surface area (Å²) in [6, 6.07) is 0. The molecular weight excluding hydrogens is 144 g/mol. The van der Waals surface area contributed by atoms with Crippen molar-refractivity contribution in [3.8, 4) is 5.88 Å². The second kappa shape index (κ2) is 3.09. The van der Waals surface area contributed by atoms with Gasteiger partial charge in [0.25, 0.3) is 0 Å². The third-order valence-electron chi connectivity index (χ3n) is 1.20. The summed E-state index contributed by atoms with van der Waals surface area (Å²) in [6.45, 7) is 1.44. The summed E-state index contributed by atoms with van der Waals surface area (Å²) in [7, 11) is 1.50. The number of methoxy groups -OCH3 is 1. The summed E-state index contributed by atoms with van der Waals surface area (Å²) < 4.78 is 4.76. The van der Waals surface area contributed by atoms with Crippen LogP contribution >= 0.6 is 0 Å². The Kier molecular flexibility index (Phi) is 2.15. The van der Waals surface area contributed by atoms with Crippen LogP contribution in [0, 0.1) is 0 Å². The van der Waals surface area contributed by atoms with Gasteiger partial charge in [-0.1, -0.05) is 0 Å². The van der Waals surface area contributed by atoms with Gasteiger partial charge in [0, 0.05) is 6.92 Å². The molecule has 0 aliphatic rings. The minimum absolute atomic E-state index is 0.0971. The molecule has 0 aliphatic carbocycles. The number of carbonyl (C=O) groups excluding carboxylic acids is 1. The van der Waals surface area contributed by atoms with Gasteiger partial charge >= 0.3 is 0 Å². The maximum Gasteiger partial charge on any atom is 0.232 e.